The van der Waals surface area contributed by atoms with Crippen LogP contribution in [0.2, 0.25) is 5.02 Å². The van der Waals surface area contributed by atoms with Gasteiger partial charge in [-0.3, -0.25) is 0 Å². The van der Waals surface area contributed by atoms with Crippen LogP contribution in [0.4, 0.5) is 25.0 Å². The first kappa shape index (κ1) is 17.5. The van der Waals surface area contributed by atoms with E-state index in [1.54, 1.807) is 4.90 Å². The van der Waals surface area contributed by atoms with Gasteiger partial charge in [-0.25, -0.2) is 13.6 Å². The number of amides is 2. The van der Waals surface area contributed by atoms with E-state index in [2.05, 4.69) is 10.2 Å². The van der Waals surface area contributed by atoms with E-state index in [9.17, 15) is 13.6 Å². The summed E-state index contributed by atoms with van der Waals surface area (Å²) >= 11 is 6.17. The second-order valence-electron chi connectivity index (χ2n) is 5.92. The number of benzene rings is 2. The molecule has 0 unspecified atom stereocenters. The van der Waals surface area contributed by atoms with E-state index < -0.39 is 11.6 Å². The van der Waals surface area contributed by atoms with Crippen LogP contribution in [0.3, 0.4) is 0 Å². The Kier molecular flexibility index (Phi) is 5.08. The summed E-state index contributed by atoms with van der Waals surface area (Å²) in [7, 11) is 0. The number of carbonyl (C=O) groups excluding carboxylic acids is 1. The molecule has 4 nitrogen and oxygen atoms in total. The van der Waals surface area contributed by atoms with Crippen LogP contribution >= 0.6 is 11.6 Å². The molecule has 0 aromatic heterocycles. The number of anilines is 2. The smallest absolute Gasteiger partial charge is 0.321 e. The Bertz CT molecular complexity index is 792. The molecule has 1 fully saturated rings. The molecule has 1 heterocycles. The second-order valence-corrected chi connectivity index (χ2v) is 6.32. The molecule has 1 aliphatic heterocycles. The number of halogens is 3. The Hall–Kier alpha value is -2.34. The topological polar surface area (TPSA) is 35.6 Å². The molecule has 1 saturated heterocycles. The van der Waals surface area contributed by atoms with Gasteiger partial charge in [0, 0.05) is 48.6 Å². The van der Waals surface area contributed by atoms with Gasteiger partial charge in [0.2, 0.25) is 0 Å². The van der Waals surface area contributed by atoms with Crippen LogP contribution in [0.25, 0.3) is 0 Å². The summed E-state index contributed by atoms with van der Waals surface area (Å²) in [4.78, 5) is 16.1. The molecule has 1 N–H and O–H groups in total. The van der Waals surface area contributed by atoms with E-state index in [1.807, 2.05) is 25.1 Å². The highest BCUT2D eigenvalue weighted by atomic mass is 35.5. The lowest BCUT2D eigenvalue weighted by molar-refractivity contribution is 0.208. The number of nitrogens with zero attached hydrogens (tertiary/aromatic N) is 2. The summed E-state index contributed by atoms with van der Waals surface area (Å²) in [6.07, 6.45) is 0. The maximum absolute atomic E-state index is 13.2. The van der Waals surface area contributed by atoms with Gasteiger partial charge in [-0.05, 0) is 36.8 Å². The largest absolute Gasteiger partial charge is 0.368 e. The van der Waals surface area contributed by atoms with Crippen molar-refractivity contribution in [2.45, 2.75) is 6.92 Å². The number of urea groups is 1. The Balaban J connectivity index is 1.60. The van der Waals surface area contributed by atoms with Crippen molar-refractivity contribution < 1.29 is 13.6 Å². The van der Waals surface area contributed by atoms with E-state index in [-0.39, 0.29) is 11.7 Å². The van der Waals surface area contributed by atoms with Crippen molar-refractivity contribution in [2.24, 2.45) is 0 Å². The van der Waals surface area contributed by atoms with Crippen molar-refractivity contribution in [1.82, 2.24) is 4.90 Å². The summed E-state index contributed by atoms with van der Waals surface area (Å²) in [6.45, 7) is 4.38. The van der Waals surface area contributed by atoms with Crippen molar-refractivity contribution in [3.05, 3.63) is 58.6 Å². The standard InChI is InChI=1S/C18H18ClF2N3O/c1-12-14(19)3-2-4-17(12)23-7-9-24(10-8-23)18(25)22-13-5-6-15(20)16(21)11-13/h2-6,11H,7-10H2,1H3,(H,22,25). The molecule has 0 bridgehead atoms. The second kappa shape index (κ2) is 7.27. The molecule has 2 aromatic rings. The quantitative estimate of drug-likeness (QED) is 0.862. The van der Waals surface area contributed by atoms with Crippen molar-refractivity contribution >= 4 is 29.0 Å². The fourth-order valence-electron chi connectivity index (χ4n) is 2.87. The van der Waals surface area contributed by atoms with Crippen LogP contribution in [0, 0.1) is 18.6 Å². The summed E-state index contributed by atoms with van der Waals surface area (Å²) in [6, 6.07) is 8.75. The molecule has 0 atom stereocenters. The Morgan fingerprint density at radius 1 is 1.08 bits per heavy atom. The third-order valence-electron chi connectivity index (χ3n) is 4.32. The highest BCUT2D eigenvalue weighted by Crippen LogP contribution is 2.27. The van der Waals surface area contributed by atoms with Crippen LogP contribution in [-0.4, -0.2) is 37.1 Å². The third-order valence-corrected chi connectivity index (χ3v) is 4.73. The molecule has 132 valence electrons. The first-order valence-electron chi connectivity index (χ1n) is 7.97. The molecule has 0 aliphatic carbocycles. The van der Waals surface area contributed by atoms with Gasteiger partial charge in [-0.2, -0.15) is 0 Å². The van der Waals surface area contributed by atoms with Gasteiger partial charge in [-0.1, -0.05) is 17.7 Å². The SMILES string of the molecule is Cc1c(Cl)cccc1N1CCN(C(=O)Nc2ccc(F)c(F)c2)CC1. The van der Waals surface area contributed by atoms with Crippen LogP contribution in [0.15, 0.2) is 36.4 Å². The lowest BCUT2D eigenvalue weighted by atomic mass is 10.1. The van der Waals surface area contributed by atoms with E-state index in [0.717, 1.165) is 28.4 Å². The minimum atomic E-state index is -0.987. The summed E-state index contributed by atoms with van der Waals surface area (Å²) in [5.41, 5.74) is 2.31. The minimum Gasteiger partial charge on any atom is -0.368 e. The Labute approximate surface area is 150 Å². The number of nitrogens with one attached hydrogen (secondary N) is 1. The summed E-state index contributed by atoms with van der Waals surface area (Å²) < 4.78 is 26.2. The van der Waals surface area contributed by atoms with E-state index in [0.29, 0.717) is 26.2 Å². The maximum atomic E-state index is 13.2. The summed E-state index contributed by atoms with van der Waals surface area (Å²) in [5, 5.41) is 3.31. The first-order valence-corrected chi connectivity index (χ1v) is 8.34. The van der Waals surface area contributed by atoms with Crippen molar-refractivity contribution in [1.29, 1.82) is 0 Å². The molecular formula is C18H18ClF2N3O. The molecule has 2 amide bonds. The van der Waals surface area contributed by atoms with Crippen molar-refractivity contribution in [3.8, 4) is 0 Å². The number of piperazine rings is 1. The average molecular weight is 366 g/mol. The van der Waals surface area contributed by atoms with Gasteiger partial charge in [0.25, 0.3) is 0 Å². The molecule has 0 spiro atoms. The van der Waals surface area contributed by atoms with Gasteiger partial charge in [0.1, 0.15) is 0 Å². The lowest BCUT2D eigenvalue weighted by Crippen LogP contribution is -2.50. The molecule has 0 saturated carbocycles. The molecule has 7 heteroatoms. The third kappa shape index (κ3) is 3.85. The fourth-order valence-corrected chi connectivity index (χ4v) is 3.04. The Morgan fingerprint density at radius 3 is 2.48 bits per heavy atom. The van der Waals surface area contributed by atoms with E-state index in [1.165, 1.54) is 6.07 Å². The van der Waals surface area contributed by atoms with Gasteiger partial charge in [-0.15, -0.1) is 0 Å². The van der Waals surface area contributed by atoms with Gasteiger partial charge >= 0.3 is 6.03 Å². The van der Waals surface area contributed by atoms with Gasteiger partial charge < -0.3 is 15.1 Å². The summed E-state index contributed by atoms with van der Waals surface area (Å²) in [5.74, 6) is -1.93. The van der Waals surface area contributed by atoms with Crippen molar-refractivity contribution in [3.63, 3.8) is 0 Å². The zero-order valence-corrected chi connectivity index (χ0v) is 14.5. The van der Waals surface area contributed by atoms with E-state index in [4.69, 9.17) is 11.6 Å². The molecule has 3 rings (SSSR count). The van der Waals surface area contributed by atoms with Crippen LogP contribution < -0.4 is 10.2 Å². The fraction of sp³-hybridized carbons (Fsp3) is 0.278. The predicted molar refractivity (Wildman–Crippen MR) is 95.4 cm³/mol. The van der Waals surface area contributed by atoms with Crippen LogP contribution in [0.5, 0.6) is 0 Å². The highest BCUT2D eigenvalue weighted by Gasteiger charge is 2.22. The van der Waals surface area contributed by atoms with Crippen LogP contribution in [0.1, 0.15) is 5.56 Å². The van der Waals surface area contributed by atoms with E-state index >= 15 is 0 Å². The molecular weight excluding hydrogens is 348 g/mol. The number of hydrogen-bond acceptors (Lipinski definition) is 2. The monoisotopic (exact) mass is 365 g/mol. The number of hydrogen-bond donors (Lipinski definition) is 1. The Morgan fingerprint density at radius 2 is 1.80 bits per heavy atom. The van der Waals surface area contributed by atoms with Gasteiger partial charge in [0.05, 0.1) is 0 Å². The number of carbonyl (C=O) groups is 1. The maximum Gasteiger partial charge on any atom is 0.321 e. The molecule has 25 heavy (non-hydrogen) atoms. The predicted octanol–water partition coefficient (Wildman–Crippen LogP) is 4.28. The van der Waals surface area contributed by atoms with Crippen molar-refractivity contribution in [2.75, 3.05) is 36.4 Å². The highest BCUT2D eigenvalue weighted by molar-refractivity contribution is 6.31. The molecule has 0 radical (unpaired) electrons. The average Bonchev–Trinajstić information content (AvgIpc) is 2.61. The first-order chi connectivity index (χ1) is 12.0. The lowest BCUT2D eigenvalue weighted by Gasteiger charge is -2.36. The minimum absolute atomic E-state index is 0.233. The van der Waals surface area contributed by atoms with Crippen LogP contribution in [-0.2, 0) is 0 Å². The zero-order chi connectivity index (χ0) is 18.0. The normalized spacial score (nSPS) is 14.6. The zero-order valence-electron chi connectivity index (χ0n) is 13.7. The molecule has 1 aliphatic rings. The van der Waals surface area contributed by atoms with Gasteiger partial charge in [0.15, 0.2) is 11.6 Å². The number of rotatable bonds is 2. The molecule has 2 aromatic carbocycles.